The third-order valence-electron chi connectivity index (χ3n) is 3.54. The molecule has 0 aliphatic carbocycles. The van der Waals surface area contributed by atoms with Crippen LogP contribution in [0.2, 0.25) is 0 Å². The van der Waals surface area contributed by atoms with E-state index >= 15 is 0 Å². The van der Waals surface area contributed by atoms with E-state index in [0.29, 0.717) is 23.2 Å². The lowest BCUT2D eigenvalue weighted by molar-refractivity contribution is 0.508. The zero-order valence-corrected chi connectivity index (χ0v) is 12.3. The summed E-state index contributed by atoms with van der Waals surface area (Å²) >= 11 is 0. The zero-order valence-electron chi connectivity index (χ0n) is 12.3. The second kappa shape index (κ2) is 6.31. The minimum atomic E-state index is -0.642. The standard InChI is InChI=1S/C17H18F3N/c1-4-21-17(16-13(19)6-5-7-14(16)20)15-10(2)8-12(18)9-11(15)3/h5-9,17,21H,4H2,1-3H3. The van der Waals surface area contributed by atoms with E-state index in [4.69, 9.17) is 0 Å². The van der Waals surface area contributed by atoms with Gasteiger partial charge in [-0.1, -0.05) is 13.0 Å². The molecule has 21 heavy (non-hydrogen) atoms. The van der Waals surface area contributed by atoms with Crippen LogP contribution in [0.3, 0.4) is 0 Å². The molecule has 1 atom stereocenters. The zero-order chi connectivity index (χ0) is 15.6. The Morgan fingerprint density at radius 3 is 1.95 bits per heavy atom. The molecule has 2 rings (SSSR count). The van der Waals surface area contributed by atoms with E-state index in [0.717, 1.165) is 0 Å². The highest BCUT2D eigenvalue weighted by molar-refractivity contribution is 5.43. The molecule has 0 heterocycles. The van der Waals surface area contributed by atoms with Crippen molar-refractivity contribution in [3.63, 3.8) is 0 Å². The van der Waals surface area contributed by atoms with Crippen LogP contribution in [-0.4, -0.2) is 6.54 Å². The summed E-state index contributed by atoms with van der Waals surface area (Å²) in [6.07, 6.45) is 0. The summed E-state index contributed by atoms with van der Waals surface area (Å²) in [5.41, 5.74) is 2.02. The van der Waals surface area contributed by atoms with E-state index < -0.39 is 17.7 Å². The molecule has 1 N–H and O–H groups in total. The second-order valence-electron chi connectivity index (χ2n) is 5.08. The van der Waals surface area contributed by atoms with Crippen molar-refractivity contribution in [3.05, 3.63) is 70.0 Å². The van der Waals surface area contributed by atoms with Gasteiger partial charge in [0.25, 0.3) is 0 Å². The van der Waals surface area contributed by atoms with E-state index in [1.807, 2.05) is 6.92 Å². The third kappa shape index (κ3) is 3.10. The summed E-state index contributed by atoms with van der Waals surface area (Å²) in [6.45, 7) is 5.89. The largest absolute Gasteiger partial charge is 0.306 e. The van der Waals surface area contributed by atoms with Crippen molar-refractivity contribution in [1.82, 2.24) is 5.32 Å². The van der Waals surface area contributed by atoms with Crippen LogP contribution in [0.15, 0.2) is 30.3 Å². The lowest BCUT2D eigenvalue weighted by Crippen LogP contribution is -2.25. The lowest BCUT2D eigenvalue weighted by Gasteiger charge is -2.24. The van der Waals surface area contributed by atoms with Gasteiger partial charge in [-0.3, -0.25) is 0 Å². The molecule has 1 unspecified atom stereocenters. The van der Waals surface area contributed by atoms with E-state index in [-0.39, 0.29) is 11.4 Å². The predicted octanol–water partition coefficient (Wildman–Crippen LogP) is 4.42. The monoisotopic (exact) mass is 293 g/mol. The van der Waals surface area contributed by atoms with Crippen molar-refractivity contribution in [2.75, 3.05) is 6.54 Å². The SMILES string of the molecule is CCNC(c1c(C)cc(F)cc1C)c1c(F)cccc1F. The van der Waals surface area contributed by atoms with Gasteiger partial charge < -0.3 is 5.32 Å². The van der Waals surface area contributed by atoms with Gasteiger partial charge in [0.2, 0.25) is 0 Å². The Bertz CT molecular complexity index is 609. The molecule has 0 aliphatic heterocycles. The number of halogens is 3. The fourth-order valence-corrected chi connectivity index (χ4v) is 2.72. The van der Waals surface area contributed by atoms with E-state index in [9.17, 15) is 13.2 Å². The molecule has 2 aromatic rings. The van der Waals surface area contributed by atoms with Crippen LogP contribution in [0.1, 0.15) is 35.2 Å². The Morgan fingerprint density at radius 1 is 0.952 bits per heavy atom. The van der Waals surface area contributed by atoms with E-state index in [1.165, 1.54) is 30.3 Å². The van der Waals surface area contributed by atoms with E-state index in [2.05, 4.69) is 5.32 Å². The Morgan fingerprint density at radius 2 is 1.48 bits per heavy atom. The molecule has 4 heteroatoms. The smallest absolute Gasteiger partial charge is 0.131 e. The molecule has 0 aliphatic rings. The molecule has 1 nitrogen and oxygen atoms in total. The van der Waals surface area contributed by atoms with Gasteiger partial charge in [0.1, 0.15) is 17.5 Å². The Kier molecular flexibility index (Phi) is 4.68. The molecule has 112 valence electrons. The molecule has 0 saturated carbocycles. The molecule has 0 radical (unpaired) electrons. The van der Waals surface area contributed by atoms with Gasteiger partial charge in [0.15, 0.2) is 0 Å². The van der Waals surface area contributed by atoms with E-state index in [1.54, 1.807) is 13.8 Å². The Balaban J connectivity index is 2.65. The molecule has 0 aromatic heterocycles. The minimum absolute atomic E-state index is 0.0304. The van der Waals surface area contributed by atoms with Crippen molar-refractivity contribution >= 4 is 0 Å². The van der Waals surface area contributed by atoms with Crippen molar-refractivity contribution in [2.45, 2.75) is 26.8 Å². The maximum absolute atomic E-state index is 14.1. The maximum atomic E-state index is 14.1. The lowest BCUT2D eigenvalue weighted by atomic mass is 9.90. The summed E-state index contributed by atoms with van der Waals surface area (Å²) in [5, 5.41) is 3.10. The molecule has 0 amide bonds. The summed E-state index contributed by atoms with van der Waals surface area (Å²) in [7, 11) is 0. The number of nitrogens with one attached hydrogen (secondary N) is 1. The fraction of sp³-hybridized carbons (Fsp3) is 0.294. The van der Waals surface area contributed by atoms with Crippen LogP contribution in [0.5, 0.6) is 0 Å². The first-order chi connectivity index (χ1) is 9.95. The summed E-state index contributed by atoms with van der Waals surface area (Å²) in [5.74, 6) is -1.56. The molecule has 2 aromatic carbocycles. The van der Waals surface area contributed by atoms with Crippen molar-refractivity contribution < 1.29 is 13.2 Å². The molecule has 0 fully saturated rings. The number of hydrogen-bond acceptors (Lipinski definition) is 1. The van der Waals surface area contributed by atoms with Gasteiger partial charge in [-0.05, 0) is 61.3 Å². The van der Waals surface area contributed by atoms with Crippen LogP contribution in [0.4, 0.5) is 13.2 Å². The average Bonchev–Trinajstić information content (AvgIpc) is 2.37. The number of benzene rings is 2. The molecular weight excluding hydrogens is 275 g/mol. The second-order valence-corrected chi connectivity index (χ2v) is 5.08. The molecule has 0 bridgehead atoms. The first kappa shape index (κ1) is 15.6. The van der Waals surface area contributed by atoms with Crippen molar-refractivity contribution in [3.8, 4) is 0 Å². The average molecular weight is 293 g/mol. The van der Waals surface area contributed by atoms with Gasteiger partial charge in [-0.25, -0.2) is 13.2 Å². The van der Waals surface area contributed by atoms with Gasteiger partial charge in [-0.2, -0.15) is 0 Å². The molecule has 0 saturated heterocycles. The summed E-state index contributed by atoms with van der Waals surface area (Å²) in [4.78, 5) is 0. The summed E-state index contributed by atoms with van der Waals surface area (Å²) < 4.78 is 41.6. The first-order valence-corrected chi connectivity index (χ1v) is 6.89. The quantitative estimate of drug-likeness (QED) is 0.880. The number of rotatable bonds is 4. The Labute approximate surface area is 122 Å². The topological polar surface area (TPSA) is 12.0 Å². The molecular formula is C17H18F3N. The normalized spacial score (nSPS) is 12.5. The number of aryl methyl sites for hydroxylation is 2. The van der Waals surface area contributed by atoms with Crippen LogP contribution in [0, 0.1) is 31.3 Å². The van der Waals surface area contributed by atoms with Crippen LogP contribution >= 0.6 is 0 Å². The highest BCUT2D eigenvalue weighted by atomic mass is 19.1. The maximum Gasteiger partial charge on any atom is 0.131 e. The highest BCUT2D eigenvalue weighted by Gasteiger charge is 2.24. The minimum Gasteiger partial charge on any atom is -0.306 e. The van der Waals surface area contributed by atoms with Crippen molar-refractivity contribution in [2.24, 2.45) is 0 Å². The Hall–Kier alpha value is -1.81. The van der Waals surface area contributed by atoms with Gasteiger partial charge >= 0.3 is 0 Å². The fourth-order valence-electron chi connectivity index (χ4n) is 2.72. The summed E-state index contributed by atoms with van der Waals surface area (Å²) in [6, 6.07) is 5.92. The van der Waals surface area contributed by atoms with Crippen molar-refractivity contribution in [1.29, 1.82) is 0 Å². The number of hydrogen-bond donors (Lipinski definition) is 1. The first-order valence-electron chi connectivity index (χ1n) is 6.89. The van der Waals surface area contributed by atoms with Crippen LogP contribution in [-0.2, 0) is 0 Å². The van der Waals surface area contributed by atoms with Gasteiger partial charge in [-0.15, -0.1) is 0 Å². The van der Waals surface area contributed by atoms with Crippen LogP contribution < -0.4 is 5.32 Å². The third-order valence-corrected chi connectivity index (χ3v) is 3.54. The van der Waals surface area contributed by atoms with Gasteiger partial charge in [0.05, 0.1) is 6.04 Å². The highest BCUT2D eigenvalue weighted by Crippen LogP contribution is 2.31. The van der Waals surface area contributed by atoms with Gasteiger partial charge in [0, 0.05) is 5.56 Å². The predicted molar refractivity (Wildman–Crippen MR) is 77.8 cm³/mol. The molecule has 0 spiro atoms. The van der Waals surface area contributed by atoms with Crippen LogP contribution in [0.25, 0.3) is 0 Å².